The van der Waals surface area contributed by atoms with Gasteiger partial charge in [-0.25, -0.2) is 14.6 Å². The van der Waals surface area contributed by atoms with Crippen LogP contribution in [0.3, 0.4) is 0 Å². The SMILES string of the molecule is CCN1CCN(c2nc3nonc3nc2NCc2ccccc2)CC1. The van der Waals surface area contributed by atoms with Gasteiger partial charge in [0, 0.05) is 32.7 Å². The molecule has 0 amide bonds. The van der Waals surface area contributed by atoms with Crippen LogP contribution in [0.5, 0.6) is 0 Å². The van der Waals surface area contributed by atoms with Crippen molar-refractivity contribution in [2.24, 2.45) is 0 Å². The van der Waals surface area contributed by atoms with Crippen LogP contribution in [-0.2, 0) is 6.54 Å². The second-order valence-corrected chi connectivity index (χ2v) is 6.07. The fourth-order valence-electron chi connectivity index (χ4n) is 3.03. The Morgan fingerprint density at radius 3 is 2.44 bits per heavy atom. The summed E-state index contributed by atoms with van der Waals surface area (Å²) in [7, 11) is 0. The van der Waals surface area contributed by atoms with Crippen molar-refractivity contribution in [1.82, 2.24) is 25.2 Å². The van der Waals surface area contributed by atoms with Gasteiger partial charge in [-0.1, -0.05) is 37.3 Å². The van der Waals surface area contributed by atoms with Crippen LogP contribution in [0, 0.1) is 0 Å². The molecule has 1 fully saturated rings. The Balaban J connectivity index is 1.60. The average Bonchev–Trinajstić information content (AvgIpc) is 3.14. The maximum atomic E-state index is 4.78. The standard InChI is InChI=1S/C17H21N7O/c1-2-23-8-10-24(11-9-23)17-16(18-12-13-6-4-3-5-7-13)19-14-15(20-17)22-25-21-14/h3-7H,2,8-12H2,1H3,(H,18,19,21). The van der Waals surface area contributed by atoms with Crippen molar-refractivity contribution in [1.29, 1.82) is 0 Å². The van der Waals surface area contributed by atoms with Gasteiger partial charge in [-0.2, -0.15) is 0 Å². The van der Waals surface area contributed by atoms with Gasteiger partial charge in [-0.15, -0.1) is 0 Å². The first kappa shape index (κ1) is 15.8. The maximum absolute atomic E-state index is 4.78. The molecule has 1 aliphatic heterocycles. The van der Waals surface area contributed by atoms with Gasteiger partial charge in [0.05, 0.1) is 0 Å². The average molecular weight is 339 g/mol. The summed E-state index contributed by atoms with van der Waals surface area (Å²) in [6.07, 6.45) is 0. The molecule has 0 saturated carbocycles. The Labute approximate surface area is 145 Å². The number of hydrogen-bond donors (Lipinski definition) is 1. The minimum atomic E-state index is 0.423. The zero-order chi connectivity index (χ0) is 17.1. The minimum absolute atomic E-state index is 0.423. The molecule has 4 rings (SSSR count). The summed E-state index contributed by atoms with van der Waals surface area (Å²) < 4.78 is 4.78. The number of fused-ring (bicyclic) bond motifs is 1. The second kappa shape index (κ2) is 7.02. The molecule has 8 heteroatoms. The highest BCUT2D eigenvalue weighted by atomic mass is 16.6. The van der Waals surface area contributed by atoms with Gasteiger partial charge in [0.25, 0.3) is 0 Å². The molecule has 0 spiro atoms. The van der Waals surface area contributed by atoms with E-state index in [1.807, 2.05) is 18.2 Å². The van der Waals surface area contributed by atoms with Crippen molar-refractivity contribution >= 4 is 22.9 Å². The van der Waals surface area contributed by atoms with E-state index in [1.54, 1.807) is 0 Å². The summed E-state index contributed by atoms with van der Waals surface area (Å²) in [6.45, 7) is 7.81. The molecular weight excluding hydrogens is 318 g/mol. The number of anilines is 2. The topological polar surface area (TPSA) is 83.2 Å². The molecule has 1 saturated heterocycles. The molecule has 0 unspecified atom stereocenters. The van der Waals surface area contributed by atoms with E-state index in [0.29, 0.717) is 17.8 Å². The molecule has 0 atom stereocenters. The highest BCUT2D eigenvalue weighted by Gasteiger charge is 2.22. The van der Waals surface area contributed by atoms with Crippen LogP contribution in [0.4, 0.5) is 11.6 Å². The molecule has 1 aromatic carbocycles. The highest BCUT2D eigenvalue weighted by molar-refractivity contribution is 5.74. The van der Waals surface area contributed by atoms with Crippen molar-refractivity contribution in [3.05, 3.63) is 35.9 Å². The molecule has 1 aliphatic rings. The Hall–Kier alpha value is -2.74. The van der Waals surface area contributed by atoms with Gasteiger partial charge in [-0.05, 0) is 22.4 Å². The first-order chi connectivity index (χ1) is 12.3. The van der Waals surface area contributed by atoms with Gasteiger partial charge in [0.15, 0.2) is 11.6 Å². The van der Waals surface area contributed by atoms with E-state index in [1.165, 1.54) is 5.56 Å². The second-order valence-electron chi connectivity index (χ2n) is 6.07. The normalized spacial score (nSPS) is 15.6. The Morgan fingerprint density at radius 2 is 1.72 bits per heavy atom. The first-order valence-corrected chi connectivity index (χ1v) is 8.59. The van der Waals surface area contributed by atoms with E-state index in [2.05, 4.69) is 54.5 Å². The van der Waals surface area contributed by atoms with Crippen LogP contribution < -0.4 is 10.2 Å². The summed E-state index contributed by atoms with van der Waals surface area (Å²) in [6, 6.07) is 10.2. The van der Waals surface area contributed by atoms with Crippen molar-refractivity contribution < 1.29 is 4.63 Å². The largest absolute Gasteiger partial charge is 0.363 e. The van der Waals surface area contributed by atoms with Crippen LogP contribution in [-0.4, -0.2) is 57.9 Å². The molecule has 0 radical (unpaired) electrons. The third-order valence-electron chi connectivity index (χ3n) is 4.52. The lowest BCUT2D eigenvalue weighted by Gasteiger charge is -2.35. The van der Waals surface area contributed by atoms with Gasteiger partial charge >= 0.3 is 0 Å². The number of benzene rings is 1. The van der Waals surface area contributed by atoms with E-state index in [9.17, 15) is 0 Å². The Bertz CT molecular complexity index is 827. The zero-order valence-electron chi connectivity index (χ0n) is 14.2. The van der Waals surface area contributed by atoms with Gasteiger partial charge in [-0.3, -0.25) is 0 Å². The highest BCUT2D eigenvalue weighted by Crippen LogP contribution is 2.25. The molecule has 0 aliphatic carbocycles. The number of nitrogens with one attached hydrogen (secondary N) is 1. The number of likely N-dealkylation sites (N-methyl/N-ethyl adjacent to an activating group) is 1. The third kappa shape index (κ3) is 3.39. The number of hydrogen-bond acceptors (Lipinski definition) is 8. The molecule has 3 aromatic rings. The molecule has 8 nitrogen and oxygen atoms in total. The molecule has 2 aromatic heterocycles. The maximum Gasteiger partial charge on any atom is 0.245 e. The van der Waals surface area contributed by atoms with Crippen LogP contribution in [0.15, 0.2) is 35.0 Å². The number of nitrogens with zero attached hydrogens (tertiary/aromatic N) is 6. The molecule has 0 bridgehead atoms. The summed E-state index contributed by atoms with van der Waals surface area (Å²) in [5.41, 5.74) is 2.05. The van der Waals surface area contributed by atoms with Crippen LogP contribution in [0.25, 0.3) is 11.3 Å². The summed E-state index contributed by atoms with van der Waals surface area (Å²) in [5, 5.41) is 11.1. The van der Waals surface area contributed by atoms with Crippen LogP contribution in [0.2, 0.25) is 0 Å². The van der Waals surface area contributed by atoms with Gasteiger partial charge in [0.1, 0.15) is 0 Å². The monoisotopic (exact) mass is 339 g/mol. The van der Waals surface area contributed by atoms with E-state index < -0.39 is 0 Å². The van der Waals surface area contributed by atoms with Crippen molar-refractivity contribution in [2.45, 2.75) is 13.5 Å². The van der Waals surface area contributed by atoms with Crippen LogP contribution >= 0.6 is 0 Å². The predicted octanol–water partition coefficient (Wildman–Crippen LogP) is 1.77. The molecule has 130 valence electrons. The third-order valence-corrected chi connectivity index (χ3v) is 4.52. The number of aromatic nitrogens is 4. The lowest BCUT2D eigenvalue weighted by molar-refractivity contribution is 0.270. The van der Waals surface area contributed by atoms with E-state index in [-0.39, 0.29) is 0 Å². The Kier molecular flexibility index (Phi) is 4.43. The zero-order valence-corrected chi connectivity index (χ0v) is 14.2. The van der Waals surface area contributed by atoms with E-state index in [0.717, 1.165) is 44.4 Å². The van der Waals surface area contributed by atoms with E-state index in [4.69, 9.17) is 4.63 Å². The summed E-state index contributed by atoms with van der Waals surface area (Å²) in [5.74, 6) is 1.53. The number of piperazine rings is 1. The smallest absolute Gasteiger partial charge is 0.245 e. The fraction of sp³-hybridized carbons (Fsp3) is 0.412. The van der Waals surface area contributed by atoms with Crippen molar-refractivity contribution in [3.63, 3.8) is 0 Å². The first-order valence-electron chi connectivity index (χ1n) is 8.59. The summed E-state index contributed by atoms with van der Waals surface area (Å²) in [4.78, 5) is 13.9. The fourth-order valence-corrected chi connectivity index (χ4v) is 3.03. The van der Waals surface area contributed by atoms with Gasteiger partial charge in [0.2, 0.25) is 11.3 Å². The molecular formula is C17H21N7O. The van der Waals surface area contributed by atoms with Crippen molar-refractivity contribution in [2.75, 3.05) is 42.9 Å². The Morgan fingerprint density at radius 1 is 1.00 bits per heavy atom. The molecule has 1 N–H and O–H groups in total. The van der Waals surface area contributed by atoms with Gasteiger partial charge < -0.3 is 15.1 Å². The lowest BCUT2D eigenvalue weighted by atomic mass is 10.2. The summed E-state index contributed by atoms with van der Waals surface area (Å²) >= 11 is 0. The molecule has 25 heavy (non-hydrogen) atoms. The van der Waals surface area contributed by atoms with Crippen LogP contribution in [0.1, 0.15) is 12.5 Å². The predicted molar refractivity (Wildman–Crippen MR) is 95.5 cm³/mol. The van der Waals surface area contributed by atoms with E-state index >= 15 is 0 Å². The van der Waals surface area contributed by atoms with Crippen molar-refractivity contribution in [3.8, 4) is 0 Å². The quantitative estimate of drug-likeness (QED) is 0.753. The number of rotatable bonds is 5. The minimum Gasteiger partial charge on any atom is -0.363 e. The lowest BCUT2D eigenvalue weighted by Crippen LogP contribution is -2.46. The molecule has 3 heterocycles.